The number of carbonyl (C=O) groups excluding carboxylic acids is 1. The minimum Gasteiger partial charge on any atom is -0.475 e. The van der Waals surface area contributed by atoms with Crippen LogP contribution in [0.1, 0.15) is 31.1 Å². The molecule has 8 nitrogen and oxygen atoms in total. The number of carboxylic acid groups (broad SMARTS) is 2. The number of thiophene rings is 1. The largest absolute Gasteiger partial charge is 0.490 e. The molecule has 216 valence electrons. The Bertz CT molecular complexity index is 913. The van der Waals surface area contributed by atoms with Crippen molar-refractivity contribution in [2.24, 2.45) is 11.3 Å². The van der Waals surface area contributed by atoms with Crippen LogP contribution in [0, 0.1) is 11.3 Å². The third-order valence-electron chi connectivity index (χ3n) is 6.85. The molecule has 15 heteroatoms. The zero-order chi connectivity index (χ0) is 28.7. The second-order valence-electron chi connectivity index (χ2n) is 9.50. The molecule has 1 spiro atoms. The van der Waals surface area contributed by atoms with Gasteiger partial charge in [0.15, 0.2) is 0 Å². The fourth-order valence-corrected chi connectivity index (χ4v) is 5.61. The lowest BCUT2D eigenvalue weighted by Gasteiger charge is -2.27. The molecule has 2 atom stereocenters. The SMILES string of the molecule is C[C@@H]1CN(Cc2cccs2)C[C@]12CCN(CCN1CCCC1)C2=O.O=C(O)C(F)(F)F.O=C(O)C(F)(F)F. The highest BCUT2D eigenvalue weighted by atomic mass is 32.1. The summed E-state index contributed by atoms with van der Waals surface area (Å²) in [5.41, 5.74) is -0.109. The van der Waals surface area contributed by atoms with Crippen LogP contribution in [0.5, 0.6) is 0 Å². The lowest BCUT2D eigenvalue weighted by atomic mass is 9.78. The van der Waals surface area contributed by atoms with Crippen molar-refractivity contribution < 1.29 is 50.9 Å². The van der Waals surface area contributed by atoms with Gasteiger partial charge in [0.2, 0.25) is 5.91 Å². The number of hydrogen-bond donors (Lipinski definition) is 2. The number of amides is 1. The second-order valence-corrected chi connectivity index (χ2v) is 10.5. The molecule has 0 bridgehead atoms. The van der Waals surface area contributed by atoms with Gasteiger partial charge < -0.3 is 20.0 Å². The van der Waals surface area contributed by atoms with Gasteiger partial charge in [0.1, 0.15) is 0 Å². The summed E-state index contributed by atoms with van der Waals surface area (Å²) in [6, 6.07) is 4.33. The third-order valence-corrected chi connectivity index (χ3v) is 7.71. The van der Waals surface area contributed by atoms with Crippen LogP contribution in [-0.2, 0) is 20.9 Å². The van der Waals surface area contributed by atoms with E-state index in [0.717, 1.165) is 45.7 Å². The monoisotopic (exact) mass is 575 g/mol. The number of rotatable bonds is 5. The van der Waals surface area contributed by atoms with E-state index in [9.17, 15) is 31.1 Å². The Morgan fingerprint density at radius 3 is 2.03 bits per heavy atom. The van der Waals surface area contributed by atoms with Crippen molar-refractivity contribution in [3.05, 3.63) is 22.4 Å². The van der Waals surface area contributed by atoms with Crippen molar-refractivity contribution in [1.82, 2.24) is 14.7 Å². The van der Waals surface area contributed by atoms with Gasteiger partial charge in [-0.2, -0.15) is 26.3 Å². The average Bonchev–Trinajstić information content (AvgIpc) is 3.59. The molecule has 0 saturated carbocycles. The predicted octanol–water partition coefficient (Wildman–Crippen LogP) is 3.78. The van der Waals surface area contributed by atoms with E-state index in [-0.39, 0.29) is 5.41 Å². The van der Waals surface area contributed by atoms with Crippen LogP contribution in [0.4, 0.5) is 26.3 Å². The smallest absolute Gasteiger partial charge is 0.475 e. The molecule has 4 rings (SSSR count). The van der Waals surface area contributed by atoms with E-state index >= 15 is 0 Å². The fraction of sp³-hybridized carbons (Fsp3) is 0.696. The van der Waals surface area contributed by atoms with Crippen LogP contribution < -0.4 is 0 Å². The summed E-state index contributed by atoms with van der Waals surface area (Å²) >= 11 is 1.82. The summed E-state index contributed by atoms with van der Waals surface area (Å²) in [6.07, 6.45) is -6.47. The Hall–Kier alpha value is -2.39. The van der Waals surface area contributed by atoms with E-state index in [1.165, 1.54) is 30.8 Å². The summed E-state index contributed by atoms with van der Waals surface area (Å²) in [6.45, 7) is 10.7. The maximum Gasteiger partial charge on any atom is 0.490 e. The Morgan fingerprint density at radius 2 is 1.55 bits per heavy atom. The summed E-state index contributed by atoms with van der Waals surface area (Å²) < 4.78 is 63.5. The molecule has 3 fully saturated rings. The van der Waals surface area contributed by atoms with Crippen molar-refractivity contribution >= 4 is 29.2 Å². The lowest BCUT2D eigenvalue weighted by molar-refractivity contribution is -0.193. The standard InChI is InChI=1S/C19H29N3OS.2C2HF3O2/c1-16-13-21(14-17-5-4-12-24-17)15-19(16)6-9-22(18(19)23)11-10-20-7-2-3-8-20;2*3-2(4,5)1(6)7/h4-5,12,16H,2-3,6-11,13-15H2,1H3;2*(H,6,7)/t16-,19-;;/m1../s1. The number of nitrogens with zero attached hydrogens (tertiary/aromatic N) is 3. The lowest BCUT2D eigenvalue weighted by Crippen LogP contribution is -2.42. The Labute approximate surface area is 219 Å². The molecule has 3 aliphatic heterocycles. The zero-order valence-corrected chi connectivity index (χ0v) is 21.5. The highest BCUT2D eigenvalue weighted by Gasteiger charge is 2.54. The minimum atomic E-state index is -5.08. The van der Waals surface area contributed by atoms with E-state index in [0.29, 0.717) is 11.8 Å². The first-order chi connectivity index (χ1) is 17.6. The van der Waals surface area contributed by atoms with Gasteiger partial charge in [0, 0.05) is 44.1 Å². The first-order valence-electron chi connectivity index (χ1n) is 11.9. The van der Waals surface area contributed by atoms with Crippen LogP contribution in [0.3, 0.4) is 0 Å². The van der Waals surface area contributed by atoms with Crippen LogP contribution in [0.2, 0.25) is 0 Å². The normalized spacial score (nSPS) is 24.2. The van der Waals surface area contributed by atoms with Crippen molar-refractivity contribution in [2.45, 2.75) is 45.1 Å². The number of hydrogen-bond acceptors (Lipinski definition) is 6. The Balaban J connectivity index is 0.000000301. The Morgan fingerprint density at radius 1 is 1.00 bits per heavy atom. The van der Waals surface area contributed by atoms with Gasteiger partial charge in [-0.1, -0.05) is 13.0 Å². The van der Waals surface area contributed by atoms with Crippen molar-refractivity contribution in [3.63, 3.8) is 0 Å². The molecule has 1 aromatic heterocycles. The first kappa shape index (κ1) is 31.8. The molecule has 1 amide bonds. The zero-order valence-electron chi connectivity index (χ0n) is 20.7. The minimum absolute atomic E-state index is 0.109. The van der Waals surface area contributed by atoms with Crippen LogP contribution >= 0.6 is 11.3 Å². The average molecular weight is 576 g/mol. The summed E-state index contributed by atoms with van der Waals surface area (Å²) in [5.74, 6) is -4.61. The maximum absolute atomic E-state index is 13.2. The van der Waals surface area contributed by atoms with Gasteiger partial charge in [-0.25, -0.2) is 9.59 Å². The van der Waals surface area contributed by atoms with Crippen molar-refractivity contribution in [1.29, 1.82) is 0 Å². The highest BCUT2D eigenvalue weighted by Crippen LogP contribution is 2.45. The van der Waals surface area contributed by atoms with Gasteiger partial charge in [0.05, 0.1) is 5.41 Å². The molecule has 3 aliphatic rings. The predicted molar refractivity (Wildman–Crippen MR) is 125 cm³/mol. The molecule has 1 aromatic rings. The van der Waals surface area contributed by atoms with Gasteiger partial charge >= 0.3 is 24.3 Å². The number of alkyl halides is 6. The van der Waals surface area contributed by atoms with Gasteiger partial charge in [-0.05, 0) is 49.7 Å². The fourth-order valence-electron chi connectivity index (χ4n) is 4.87. The third kappa shape index (κ3) is 8.83. The number of carbonyl (C=O) groups is 3. The second kappa shape index (κ2) is 13.1. The molecule has 2 N–H and O–H groups in total. The van der Waals surface area contributed by atoms with E-state index < -0.39 is 24.3 Å². The molecule has 38 heavy (non-hydrogen) atoms. The first-order valence-corrected chi connectivity index (χ1v) is 12.8. The van der Waals surface area contributed by atoms with Gasteiger partial charge in [-0.15, -0.1) is 11.3 Å². The molecule has 3 saturated heterocycles. The number of halogens is 6. The Kier molecular flexibility index (Phi) is 11.0. The maximum atomic E-state index is 13.2. The summed E-state index contributed by atoms with van der Waals surface area (Å²) in [5, 5.41) is 16.4. The number of aliphatic carboxylic acids is 2. The van der Waals surface area contributed by atoms with Crippen molar-refractivity contribution in [3.8, 4) is 0 Å². The quantitative estimate of drug-likeness (QED) is 0.516. The van der Waals surface area contributed by atoms with Crippen LogP contribution in [0.15, 0.2) is 17.5 Å². The van der Waals surface area contributed by atoms with Crippen LogP contribution in [0.25, 0.3) is 0 Å². The van der Waals surface area contributed by atoms with Crippen molar-refractivity contribution in [2.75, 3.05) is 45.8 Å². The highest BCUT2D eigenvalue weighted by molar-refractivity contribution is 7.09. The van der Waals surface area contributed by atoms with E-state index in [1.54, 1.807) is 0 Å². The molecule has 0 aliphatic carbocycles. The summed E-state index contributed by atoms with van der Waals surface area (Å²) in [7, 11) is 0. The molecular weight excluding hydrogens is 544 g/mol. The van der Waals surface area contributed by atoms with E-state index in [4.69, 9.17) is 19.8 Å². The molecule has 4 heterocycles. The topological polar surface area (TPSA) is 101 Å². The molecule has 0 aromatic carbocycles. The van der Waals surface area contributed by atoms with E-state index in [1.807, 2.05) is 11.3 Å². The number of carboxylic acids is 2. The molecular formula is C23H31F6N3O5S. The van der Waals surface area contributed by atoms with Crippen LogP contribution in [-0.4, -0.2) is 101 Å². The van der Waals surface area contributed by atoms with Gasteiger partial charge in [-0.3, -0.25) is 9.69 Å². The molecule has 0 radical (unpaired) electrons. The summed E-state index contributed by atoms with van der Waals surface area (Å²) in [4.78, 5) is 39.5. The molecule has 0 unspecified atom stereocenters. The number of likely N-dealkylation sites (tertiary alicyclic amines) is 3. The van der Waals surface area contributed by atoms with E-state index in [2.05, 4.69) is 39.1 Å². The van der Waals surface area contributed by atoms with Gasteiger partial charge in [0.25, 0.3) is 0 Å².